The second-order valence-corrected chi connectivity index (χ2v) is 5.89. The Morgan fingerprint density at radius 3 is 2.78 bits per heavy atom. The molecule has 1 unspecified atom stereocenters. The zero-order valence-corrected chi connectivity index (χ0v) is 13.1. The Morgan fingerprint density at radius 1 is 1.44 bits per heavy atom. The maximum Gasteiger partial charge on any atom is 0.0587 e. The van der Waals surface area contributed by atoms with Crippen LogP contribution in [0.5, 0.6) is 0 Å². The molecule has 0 aliphatic heterocycles. The number of ether oxygens (including phenoxy) is 1. The Hall–Kier alpha value is -0.450. The summed E-state index contributed by atoms with van der Waals surface area (Å²) in [4.78, 5) is 4.46. The van der Waals surface area contributed by atoms with E-state index in [1.165, 1.54) is 0 Å². The molecule has 0 spiro atoms. The van der Waals surface area contributed by atoms with Gasteiger partial charge in [-0.2, -0.15) is 0 Å². The minimum absolute atomic E-state index is 0.245. The van der Waals surface area contributed by atoms with Crippen LogP contribution in [0.25, 0.3) is 0 Å². The summed E-state index contributed by atoms with van der Waals surface area (Å²) in [6.07, 6.45) is 3.99. The van der Waals surface area contributed by atoms with Crippen molar-refractivity contribution >= 4 is 15.9 Å². The van der Waals surface area contributed by atoms with Crippen molar-refractivity contribution in [1.29, 1.82) is 0 Å². The number of hydrogen-bond acceptors (Lipinski definition) is 3. The third-order valence-electron chi connectivity index (χ3n) is 3.28. The van der Waals surface area contributed by atoms with Crippen molar-refractivity contribution in [3.05, 3.63) is 28.5 Å². The van der Waals surface area contributed by atoms with Crippen LogP contribution >= 0.6 is 15.9 Å². The van der Waals surface area contributed by atoms with Crippen molar-refractivity contribution in [3.63, 3.8) is 0 Å². The van der Waals surface area contributed by atoms with E-state index >= 15 is 0 Å². The average Bonchev–Trinajstić information content (AvgIpc) is 2.38. The van der Waals surface area contributed by atoms with E-state index in [0.29, 0.717) is 0 Å². The van der Waals surface area contributed by atoms with Gasteiger partial charge in [0.05, 0.1) is 6.61 Å². The highest BCUT2D eigenvalue weighted by molar-refractivity contribution is 9.10. The molecule has 0 amide bonds. The van der Waals surface area contributed by atoms with Crippen LogP contribution in [-0.2, 0) is 11.2 Å². The quantitative estimate of drug-likeness (QED) is 0.749. The van der Waals surface area contributed by atoms with Gasteiger partial charge in [-0.3, -0.25) is 4.98 Å². The molecule has 0 bridgehead atoms. The van der Waals surface area contributed by atoms with E-state index in [1.54, 1.807) is 7.11 Å². The highest BCUT2D eigenvalue weighted by atomic mass is 79.9. The molecule has 1 aromatic rings. The molecule has 1 N–H and O–H groups in total. The fraction of sp³-hybridized carbons (Fsp3) is 0.643. The van der Waals surface area contributed by atoms with Gasteiger partial charge in [0.15, 0.2) is 0 Å². The van der Waals surface area contributed by atoms with Crippen LogP contribution < -0.4 is 5.32 Å². The smallest absolute Gasteiger partial charge is 0.0587 e. The van der Waals surface area contributed by atoms with Crippen molar-refractivity contribution in [2.24, 2.45) is 5.41 Å². The summed E-state index contributed by atoms with van der Waals surface area (Å²) in [5, 5.41) is 3.45. The molecule has 4 heteroatoms. The molecule has 3 nitrogen and oxygen atoms in total. The second kappa shape index (κ2) is 7.87. The maximum absolute atomic E-state index is 5.04. The zero-order chi connectivity index (χ0) is 13.4. The lowest BCUT2D eigenvalue weighted by atomic mass is 9.82. The van der Waals surface area contributed by atoms with Gasteiger partial charge in [-0.1, -0.05) is 13.8 Å². The van der Waals surface area contributed by atoms with Gasteiger partial charge >= 0.3 is 0 Å². The molecular formula is C14H23BrN2O. The largest absolute Gasteiger partial charge is 0.383 e. The minimum Gasteiger partial charge on any atom is -0.383 e. The standard InChI is InChI=1S/C14H23BrN2O/c1-4-14(2,11-16-7-8-18-3)9-13-6-5-12(15)10-17-13/h5-6,10,16H,4,7-9,11H2,1-3H3. The highest BCUT2D eigenvalue weighted by Gasteiger charge is 2.22. The van der Waals surface area contributed by atoms with Crippen LogP contribution in [0, 0.1) is 5.41 Å². The molecule has 0 fully saturated rings. The Kier molecular flexibility index (Phi) is 6.82. The lowest BCUT2D eigenvalue weighted by Gasteiger charge is -2.28. The van der Waals surface area contributed by atoms with E-state index in [9.17, 15) is 0 Å². The number of nitrogens with zero attached hydrogens (tertiary/aromatic N) is 1. The fourth-order valence-electron chi connectivity index (χ4n) is 1.83. The molecule has 102 valence electrons. The predicted molar refractivity (Wildman–Crippen MR) is 78.8 cm³/mol. The summed E-state index contributed by atoms with van der Waals surface area (Å²) in [6, 6.07) is 4.14. The average molecular weight is 315 g/mol. The highest BCUT2D eigenvalue weighted by Crippen LogP contribution is 2.25. The molecule has 0 aromatic carbocycles. The maximum atomic E-state index is 5.04. The monoisotopic (exact) mass is 314 g/mol. The summed E-state index contributed by atoms with van der Waals surface area (Å²) in [5.74, 6) is 0. The van der Waals surface area contributed by atoms with Crippen molar-refractivity contribution in [3.8, 4) is 0 Å². The number of aromatic nitrogens is 1. The van der Waals surface area contributed by atoms with Gasteiger partial charge in [0.25, 0.3) is 0 Å². The molecule has 0 aliphatic rings. The van der Waals surface area contributed by atoms with E-state index in [1.807, 2.05) is 6.20 Å². The van der Waals surface area contributed by atoms with E-state index < -0.39 is 0 Å². The van der Waals surface area contributed by atoms with Crippen LogP contribution in [0.4, 0.5) is 0 Å². The third-order valence-corrected chi connectivity index (χ3v) is 3.75. The second-order valence-electron chi connectivity index (χ2n) is 4.98. The Balaban J connectivity index is 2.50. The molecule has 1 aromatic heterocycles. The van der Waals surface area contributed by atoms with Gasteiger partial charge in [0.1, 0.15) is 0 Å². The Bertz CT molecular complexity index is 342. The zero-order valence-electron chi connectivity index (χ0n) is 11.5. The lowest BCUT2D eigenvalue weighted by molar-refractivity contribution is 0.191. The number of halogens is 1. The van der Waals surface area contributed by atoms with E-state index in [-0.39, 0.29) is 5.41 Å². The topological polar surface area (TPSA) is 34.1 Å². The van der Waals surface area contributed by atoms with Crippen molar-refractivity contribution in [2.45, 2.75) is 26.7 Å². The van der Waals surface area contributed by atoms with Crippen LogP contribution in [-0.4, -0.2) is 31.8 Å². The Morgan fingerprint density at radius 2 is 2.22 bits per heavy atom. The number of pyridine rings is 1. The molecule has 1 atom stereocenters. The van der Waals surface area contributed by atoms with Gasteiger partial charge in [0, 0.05) is 36.6 Å². The first-order chi connectivity index (χ1) is 8.59. The lowest BCUT2D eigenvalue weighted by Crippen LogP contribution is -2.35. The van der Waals surface area contributed by atoms with Gasteiger partial charge in [-0.25, -0.2) is 0 Å². The van der Waals surface area contributed by atoms with Crippen LogP contribution in [0.2, 0.25) is 0 Å². The predicted octanol–water partition coefficient (Wildman–Crippen LogP) is 3.04. The summed E-state index contributed by atoms with van der Waals surface area (Å²) in [7, 11) is 1.73. The molecule has 1 heterocycles. The SMILES string of the molecule is CCC(C)(CNCCOC)Cc1ccc(Br)cn1. The molecule has 18 heavy (non-hydrogen) atoms. The number of nitrogens with one attached hydrogen (secondary N) is 1. The molecule has 0 aliphatic carbocycles. The Labute approximate surface area is 118 Å². The van der Waals surface area contributed by atoms with Gasteiger partial charge in [-0.05, 0) is 46.3 Å². The van der Waals surface area contributed by atoms with Gasteiger partial charge < -0.3 is 10.1 Å². The van der Waals surface area contributed by atoms with Crippen molar-refractivity contribution < 1.29 is 4.74 Å². The number of hydrogen-bond donors (Lipinski definition) is 1. The summed E-state index contributed by atoms with van der Waals surface area (Å²) in [5.41, 5.74) is 1.39. The summed E-state index contributed by atoms with van der Waals surface area (Å²) in [6.45, 7) is 7.19. The van der Waals surface area contributed by atoms with Crippen molar-refractivity contribution in [2.75, 3.05) is 26.8 Å². The fourth-order valence-corrected chi connectivity index (χ4v) is 2.06. The summed E-state index contributed by atoms with van der Waals surface area (Å²) >= 11 is 3.41. The first kappa shape index (κ1) is 15.6. The third kappa shape index (κ3) is 5.46. The van der Waals surface area contributed by atoms with E-state index in [2.05, 4.69) is 52.2 Å². The van der Waals surface area contributed by atoms with Gasteiger partial charge in [-0.15, -0.1) is 0 Å². The molecular weight excluding hydrogens is 292 g/mol. The van der Waals surface area contributed by atoms with Crippen LogP contribution in [0.3, 0.4) is 0 Å². The molecule has 1 rings (SSSR count). The molecule has 0 radical (unpaired) electrons. The first-order valence-electron chi connectivity index (χ1n) is 6.40. The van der Waals surface area contributed by atoms with Crippen LogP contribution in [0.15, 0.2) is 22.8 Å². The van der Waals surface area contributed by atoms with Gasteiger partial charge in [0.2, 0.25) is 0 Å². The minimum atomic E-state index is 0.245. The van der Waals surface area contributed by atoms with Crippen LogP contribution in [0.1, 0.15) is 26.0 Å². The molecule has 0 saturated carbocycles. The summed E-state index contributed by atoms with van der Waals surface area (Å²) < 4.78 is 6.07. The van der Waals surface area contributed by atoms with Crippen molar-refractivity contribution in [1.82, 2.24) is 10.3 Å². The number of rotatable bonds is 8. The molecule has 0 saturated heterocycles. The van der Waals surface area contributed by atoms with E-state index in [0.717, 1.165) is 42.7 Å². The normalized spacial score (nSPS) is 14.4. The van der Waals surface area contributed by atoms with E-state index in [4.69, 9.17) is 4.74 Å². The first-order valence-corrected chi connectivity index (χ1v) is 7.19. The number of methoxy groups -OCH3 is 1.